The van der Waals surface area contributed by atoms with E-state index in [-0.39, 0.29) is 5.56 Å². The van der Waals surface area contributed by atoms with Gasteiger partial charge in [-0.25, -0.2) is 4.39 Å². The van der Waals surface area contributed by atoms with Gasteiger partial charge in [-0.05, 0) is 31.0 Å². The fourth-order valence-electron chi connectivity index (χ4n) is 2.27. The van der Waals surface area contributed by atoms with Crippen LogP contribution in [0.2, 0.25) is 0 Å². The molecular formula is C13H13FN2O2. The van der Waals surface area contributed by atoms with Crippen LogP contribution in [0.1, 0.15) is 18.4 Å². The third kappa shape index (κ3) is 2.43. The first-order chi connectivity index (χ1) is 8.61. The van der Waals surface area contributed by atoms with Gasteiger partial charge in [0.2, 0.25) is 0 Å². The van der Waals surface area contributed by atoms with Crippen LogP contribution in [0.5, 0.6) is 0 Å². The monoisotopic (exact) mass is 248 g/mol. The summed E-state index contributed by atoms with van der Waals surface area (Å²) in [6.07, 6.45) is 1.41. The first kappa shape index (κ1) is 12.4. The van der Waals surface area contributed by atoms with Gasteiger partial charge in [0.15, 0.2) is 0 Å². The molecule has 1 aliphatic rings. The lowest BCUT2D eigenvalue weighted by Gasteiger charge is -2.33. The summed E-state index contributed by atoms with van der Waals surface area (Å²) < 4.78 is 13.0. The number of piperidine rings is 1. The minimum absolute atomic E-state index is 0.251. The van der Waals surface area contributed by atoms with Crippen LogP contribution in [0.3, 0.4) is 0 Å². The lowest BCUT2D eigenvalue weighted by molar-refractivity contribution is -0.141. The van der Waals surface area contributed by atoms with Gasteiger partial charge < -0.3 is 10.0 Å². The van der Waals surface area contributed by atoms with Crippen LogP contribution < -0.4 is 4.90 Å². The number of benzene rings is 1. The molecule has 0 aliphatic carbocycles. The summed E-state index contributed by atoms with van der Waals surface area (Å²) in [6, 6.07) is 5.96. The molecule has 2 rings (SSSR count). The number of carbonyl (C=O) groups is 1. The van der Waals surface area contributed by atoms with E-state index in [0.29, 0.717) is 25.2 Å². The largest absolute Gasteiger partial charge is 0.481 e. The molecule has 0 bridgehead atoms. The van der Waals surface area contributed by atoms with E-state index in [9.17, 15) is 9.18 Å². The highest BCUT2D eigenvalue weighted by Crippen LogP contribution is 2.26. The van der Waals surface area contributed by atoms with Crippen LogP contribution in [0, 0.1) is 23.1 Å². The molecule has 1 fully saturated rings. The number of nitrogens with zero attached hydrogens (tertiary/aromatic N) is 2. The summed E-state index contributed by atoms with van der Waals surface area (Å²) in [5.41, 5.74) is 0.867. The van der Waals surface area contributed by atoms with Gasteiger partial charge in [-0.2, -0.15) is 5.26 Å². The average molecular weight is 248 g/mol. The highest BCUT2D eigenvalue weighted by atomic mass is 19.1. The Balaban J connectivity index is 2.26. The third-order valence-corrected chi connectivity index (χ3v) is 3.19. The molecule has 1 aromatic rings. The van der Waals surface area contributed by atoms with Gasteiger partial charge in [0.25, 0.3) is 0 Å². The topological polar surface area (TPSA) is 64.3 Å². The molecule has 1 N–H and O–H groups in total. The van der Waals surface area contributed by atoms with Gasteiger partial charge >= 0.3 is 5.97 Å². The van der Waals surface area contributed by atoms with Crippen molar-refractivity contribution in [2.45, 2.75) is 12.8 Å². The minimum Gasteiger partial charge on any atom is -0.481 e. The van der Waals surface area contributed by atoms with Crippen LogP contribution in [0.15, 0.2) is 18.2 Å². The lowest BCUT2D eigenvalue weighted by Crippen LogP contribution is -2.39. The first-order valence-electron chi connectivity index (χ1n) is 5.79. The number of carboxylic acid groups (broad SMARTS) is 1. The number of rotatable bonds is 2. The van der Waals surface area contributed by atoms with Gasteiger partial charge in [0.1, 0.15) is 11.9 Å². The highest BCUT2D eigenvalue weighted by Gasteiger charge is 2.26. The molecule has 18 heavy (non-hydrogen) atoms. The third-order valence-electron chi connectivity index (χ3n) is 3.19. The molecular weight excluding hydrogens is 235 g/mol. The van der Waals surface area contributed by atoms with Crippen molar-refractivity contribution in [3.05, 3.63) is 29.6 Å². The van der Waals surface area contributed by atoms with Gasteiger partial charge in [-0.15, -0.1) is 0 Å². The van der Waals surface area contributed by atoms with Crippen molar-refractivity contribution in [2.75, 3.05) is 18.0 Å². The molecule has 94 valence electrons. The summed E-state index contributed by atoms with van der Waals surface area (Å²) >= 11 is 0. The Labute approximate surface area is 104 Å². The van der Waals surface area contributed by atoms with Gasteiger partial charge in [0, 0.05) is 13.1 Å². The molecule has 1 unspecified atom stereocenters. The molecule has 0 amide bonds. The molecule has 0 spiro atoms. The molecule has 1 aliphatic heterocycles. The van der Waals surface area contributed by atoms with Crippen LogP contribution in [0.4, 0.5) is 10.1 Å². The van der Waals surface area contributed by atoms with Crippen molar-refractivity contribution in [1.29, 1.82) is 5.26 Å². The van der Waals surface area contributed by atoms with Crippen LogP contribution in [0.25, 0.3) is 0 Å². The maximum absolute atomic E-state index is 13.0. The van der Waals surface area contributed by atoms with Gasteiger partial charge in [-0.3, -0.25) is 4.79 Å². The van der Waals surface area contributed by atoms with E-state index in [4.69, 9.17) is 10.4 Å². The standard InChI is InChI=1S/C13H13FN2O2/c14-11-3-4-12(10(6-11)7-15)16-5-1-2-9(8-16)13(17)18/h3-4,6,9H,1-2,5,8H2,(H,17,18). The number of anilines is 1. The van der Waals surface area contributed by atoms with E-state index in [1.807, 2.05) is 11.0 Å². The molecule has 1 aromatic carbocycles. The Morgan fingerprint density at radius 2 is 2.33 bits per heavy atom. The summed E-state index contributed by atoms with van der Waals surface area (Å²) in [6.45, 7) is 1.07. The Morgan fingerprint density at radius 1 is 1.56 bits per heavy atom. The molecule has 0 aromatic heterocycles. The Bertz CT molecular complexity index is 510. The molecule has 5 heteroatoms. The predicted molar refractivity (Wildman–Crippen MR) is 63.7 cm³/mol. The second-order valence-corrected chi connectivity index (χ2v) is 4.40. The van der Waals surface area contributed by atoms with Crippen molar-refractivity contribution < 1.29 is 14.3 Å². The number of hydrogen-bond donors (Lipinski definition) is 1. The van der Waals surface area contributed by atoms with Gasteiger partial charge in [-0.1, -0.05) is 0 Å². The van der Waals surface area contributed by atoms with E-state index >= 15 is 0 Å². The van der Waals surface area contributed by atoms with Crippen LogP contribution in [-0.2, 0) is 4.79 Å². The second-order valence-electron chi connectivity index (χ2n) is 4.40. The Morgan fingerprint density at radius 3 is 3.00 bits per heavy atom. The van der Waals surface area contributed by atoms with Crippen LogP contribution >= 0.6 is 0 Å². The smallest absolute Gasteiger partial charge is 0.308 e. The number of aliphatic carboxylic acids is 1. The van der Waals surface area contributed by atoms with Crippen molar-refractivity contribution in [3.63, 3.8) is 0 Å². The van der Waals surface area contributed by atoms with E-state index in [1.54, 1.807) is 0 Å². The van der Waals surface area contributed by atoms with E-state index < -0.39 is 17.7 Å². The number of carboxylic acids is 1. The zero-order valence-electron chi connectivity index (χ0n) is 9.77. The Hall–Kier alpha value is -2.09. The maximum Gasteiger partial charge on any atom is 0.308 e. The predicted octanol–water partition coefficient (Wildman–Crippen LogP) is 2.00. The Kier molecular flexibility index (Phi) is 3.47. The van der Waals surface area contributed by atoms with Gasteiger partial charge in [0.05, 0.1) is 17.2 Å². The highest BCUT2D eigenvalue weighted by molar-refractivity contribution is 5.72. The summed E-state index contributed by atoms with van der Waals surface area (Å²) in [4.78, 5) is 12.8. The maximum atomic E-state index is 13.0. The molecule has 0 saturated carbocycles. The first-order valence-corrected chi connectivity index (χ1v) is 5.79. The zero-order chi connectivity index (χ0) is 13.1. The van der Waals surface area contributed by atoms with Crippen molar-refractivity contribution >= 4 is 11.7 Å². The van der Waals surface area contributed by atoms with Crippen molar-refractivity contribution in [2.24, 2.45) is 5.92 Å². The SMILES string of the molecule is N#Cc1cc(F)ccc1N1CCCC(C(=O)O)C1. The van der Waals surface area contributed by atoms with Crippen LogP contribution in [-0.4, -0.2) is 24.2 Å². The zero-order valence-corrected chi connectivity index (χ0v) is 9.77. The molecule has 1 atom stereocenters. The van der Waals surface area contributed by atoms with E-state index in [0.717, 1.165) is 6.42 Å². The fourth-order valence-corrected chi connectivity index (χ4v) is 2.27. The molecule has 1 saturated heterocycles. The van der Waals surface area contributed by atoms with Crippen molar-refractivity contribution in [3.8, 4) is 6.07 Å². The number of nitriles is 1. The second kappa shape index (κ2) is 5.05. The summed E-state index contributed by atoms with van der Waals surface area (Å²) in [5.74, 6) is -1.70. The lowest BCUT2D eigenvalue weighted by atomic mass is 9.97. The minimum atomic E-state index is -0.819. The number of halogens is 1. The number of hydrogen-bond acceptors (Lipinski definition) is 3. The normalized spacial score (nSPS) is 19.3. The molecule has 1 heterocycles. The summed E-state index contributed by atoms with van der Waals surface area (Å²) in [5, 5.41) is 18.0. The summed E-state index contributed by atoms with van der Waals surface area (Å²) in [7, 11) is 0. The molecule has 4 nitrogen and oxygen atoms in total. The quantitative estimate of drug-likeness (QED) is 0.869. The fraction of sp³-hybridized carbons (Fsp3) is 0.385. The van der Waals surface area contributed by atoms with Crippen molar-refractivity contribution in [1.82, 2.24) is 0 Å². The van der Waals surface area contributed by atoms with E-state index in [2.05, 4.69) is 0 Å². The van der Waals surface area contributed by atoms with E-state index in [1.165, 1.54) is 18.2 Å². The average Bonchev–Trinajstić information content (AvgIpc) is 2.38. The molecule has 0 radical (unpaired) electrons.